The summed E-state index contributed by atoms with van der Waals surface area (Å²) in [6.45, 7) is -0.170. The fraction of sp³-hybridized carbons (Fsp3) is 0.0625. The first-order valence-electron chi connectivity index (χ1n) is 6.86. The van der Waals surface area contributed by atoms with Gasteiger partial charge in [0.25, 0.3) is 5.91 Å². The quantitative estimate of drug-likeness (QED) is 0.753. The molecule has 0 saturated heterocycles. The highest BCUT2D eigenvalue weighted by molar-refractivity contribution is 5.98. The van der Waals surface area contributed by atoms with E-state index < -0.39 is 5.91 Å². The summed E-state index contributed by atoms with van der Waals surface area (Å²) in [5, 5.41) is 8.79. The summed E-state index contributed by atoms with van der Waals surface area (Å²) in [6.07, 6.45) is 1.49. The summed E-state index contributed by atoms with van der Waals surface area (Å²) in [6, 6.07) is 13.8. The summed E-state index contributed by atoms with van der Waals surface area (Å²) < 4.78 is 10.2. The van der Waals surface area contributed by atoms with Gasteiger partial charge in [0.05, 0.1) is 12.8 Å². The van der Waals surface area contributed by atoms with E-state index in [1.54, 1.807) is 36.4 Å². The van der Waals surface area contributed by atoms with E-state index in [9.17, 15) is 9.59 Å². The molecule has 0 radical (unpaired) electrons. The maximum Gasteiger partial charge on any atom is 0.273 e. The van der Waals surface area contributed by atoms with Gasteiger partial charge < -0.3 is 19.6 Å². The van der Waals surface area contributed by atoms with Crippen molar-refractivity contribution in [2.45, 2.75) is 0 Å². The van der Waals surface area contributed by atoms with Crippen molar-refractivity contribution in [3.8, 4) is 11.5 Å². The Hall–Kier alpha value is -3.35. The second-order valence-electron chi connectivity index (χ2n) is 4.65. The van der Waals surface area contributed by atoms with Gasteiger partial charge in [0.2, 0.25) is 11.7 Å². The molecule has 0 aliphatic carbocycles. The zero-order chi connectivity index (χ0) is 16.1. The van der Waals surface area contributed by atoms with Crippen molar-refractivity contribution >= 4 is 17.5 Å². The van der Waals surface area contributed by atoms with E-state index in [-0.39, 0.29) is 18.1 Å². The lowest BCUT2D eigenvalue weighted by Gasteiger charge is -2.05. The van der Waals surface area contributed by atoms with Crippen LogP contribution in [-0.4, -0.2) is 23.5 Å². The van der Waals surface area contributed by atoms with Gasteiger partial charge in [0.15, 0.2) is 11.5 Å². The standard InChI is InChI=1S/C16H13N3O4/c20-15(18-11-5-2-1-3-6-11)10-17-16(21)12-9-14(23-19-12)13-7-4-8-22-13/h1-9H,10H2,(H,17,21)(H,18,20). The molecule has 0 spiro atoms. The summed E-state index contributed by atoms with van der Waals surface area (Å²) in [4.78, 5) is 23.7. The molecule has 2 amide bonds. The number of amides is 2. The first-order valence-corrected chi connectivity index (χ1v) is 6.86. The second-order valence-corrected chi connectivity index (χ2v) is 4.65. The fourth-order valence-corrected chi connectivity index (χ4v) is 1.89. The lowest BCUT2D eigenvalue weighted by atomic mass is 10.3. The molecule has 3 rings (SSSR count). The molecule has 0 aliphatic rings. The highest BCUT2D eigenvalue weighted by Crippen LogP contribution is 2.20. The molecule has 0 aliphatic heterocycles. The van der Waals surface area contributed by atoms with E-state index in [2.05, 4.69) is 15.8 Å². The van der Waals surface area contributed by atoms with Crippen molar-refractivity contribution in [2.75, 3.05) is 11.9 Å². The highest BCUT2D eigenvalue weighted by Gasteiger charge is 2.15. The Morgan fingerprint density at radius 2 is 1.87 bits per heavy atom. The van der Waals surface area contributed by atoms with Crippen LogP contribution in [0, 0.1) is 0 Å². The second kappa shape index (κ2) is 6.61. The summed E-state index contributed by atoms with van der Waals surface area (Å²) in [5.41, 5.74) is 0.734. The van der Waals surface area contributed by atoms with Crippen LogP contribution in [0.15, 0.2) is 63.7 Å². The van der Waals surface area contributed by atoms with Gasteiger partial charge in [-0.15, -0.1) is 0 Å². The molecule has 3 aromatic rings. The van der Waals surface area contributed by atoms with E-state index in [0.29, 0.717) is 17.2 Å². The van der Waals surface area contributed by atoms with Crippen LogP contribution in [0.1, 0.15) is 10.5 Å². The minimum atomic E-state index is -0.505. The Bertz CT molecular complexity index is 794. The molecular weight excluding hydrogens is 298 g/mol. The molecule has 0 atom stereocenters. The van der Waals surface area contributed by atoms with Gasteiger partial charge in [-0.2, -0.15) is 0 Å². The van der Waals surface area contributed by atoms with Crippen molar-refractivity contribution in [3.63, 3.8) is 0 Å². The number of aromatic nitrogens is 1. The lowest BCUT2D eigenvalue weighted by Crippen LogP contribution is -2.33. The fourth-order valence-electron chi connectivity index (χ4n) is 1.89. The van der Waals surface area contributed by atoms with Crippen LogP contribution >= 0.6 is 0 Å². The van der Waals surface area contributed by atoms with Crippen LogP contribution < -0.4 is 10.6 Å². The maximum atomic E-state index is 11.9. The predicted molar refractivity (Wildman–Crippen MR) is 81.6 cm³/mol. The third-order valence-corrected chi connectivity index (χ3v) is 2.97. The van der Waals surface area contributed by atoms with Gasteiger partial charge in [-0.3, -0.25) is 9.59 Å². The number of para-hydroxylation sites is 1. The number of carbonyl (C=O) groups excluding carboxylic acids is 2. The predicted octanol–water partition coefficient (Wildman–Crippen LogP) is 2.30. The van der Waals surface area contributed by atoms with Gasteiger partial charge in [0.1, 0.15) is 0 Å². The van der Waals surface area contributed by atoms with Crippen molar-refractivity contribution in [1.29, 1.82) is 0 Å². The molecule has 2 heterocycles. The highest BCUT2D eigenvalue weighted by atomic mass is 16.5. The van der Waals surface area contributed by atoms with Crippen molar-refractivity contribution in [2.24, 2.45) is 0 Å². The van der Waals surface area contributed by atoms with E-state index in [4.69, 9.17) is 8.94 Å². The molecular formula is C16H13N3O4. The minimum Gasteiger partial charge on any atom is -0.461 e. The lowest BCUT2D eigenvalue weighted by molar-refractivity contribution is -0.115. The van der Waals surface area contributed by atoms with E-state index in [0.717, 1.165) is 0 Å². The number of nitrogens with zero attached hydrogens (tertiary/aromatic N) is 1. The molecule has 2 N–H and O–H groups in total. The molecule has 1 aromatic carbocycles. The normalized spacial score (nSPS) is 10.3. The van der Waals surface area contributed by atoms with E-state index in [1.807, 2.05) is 6.07 Å². The average Bonchev–Trinajstić information content (AvgIpc) is 3.24. The maximum absolute atomic E-state index is 11.9. The van der Waals surface area contributed by atoms with Crippen LogP contribution in [0.2, 0.25) is 0 Å². The molecule has 7 nitrogen and oxygen atoms in total. The van der Waals surface area contributed by atoms with Gasteiger partial charge in [-0.25, -0.2) is 0 Å². The first kappa shape index (κ1) is 14.6. The Labute approximate surface area is 131 Å². The molecule has 23 heavy (non-hydrogen) atoms. The van der Waals surface area contributed by atoms with E-state index in [1.165, 1.54) is 12.3 Å². The number of furan rings is 1. The third-order valence-electron chi connectivity index (χ3n) is 2.97. The summed E-state index contributed by atoms with van der Waals surface area (Å²) in [5.74, 6) is -0.0265. The third kappa shape index (κ3) is 3.65. The van der Waals surface area contributed by atoms with Crippen LogP contribution in [0.4, 0.5) is 5.69 Å². The van der Waals surface area contributed by atoms with Crippen molar-refractivity contribution in [3.05, 3.63) is 60.5 Å². The molecule has 2 aromatic heterocycles. The number of hydrogen-bond acceptors (Lipinski definition) is 5. The van der Waals surface area contributed by atoms with E-state index >= 15 is 0 Å². The average molecular weight is 311 g/mol. The summed E-state index contributed by atoms with van der Waals surface area (Å²) >= 11 is 0. The van der Waals surface area contributed by atoms with Crippen LogP contribution in [0.5, 0.6) is 0 Å². The van der Waals surface area contributed by atoms with Crippen LogP contribution in [-0.2, 0) is 4.79 Å². The number of benzene rings is 1. The number of carbonyl (C=O) groups is 2. The zero-order valence-corrected chi connectivity index (χ0v) is 12.0. The van der Waals surface area contributed by atoms with Gasteiger partial charge in [-0.1, -0.05) is 23.4 Å². The van der Waals surface area contributed by atoms with Crippen LogP contribution in [0.25, 0.3) is 11.5 Å². The van der Waals surface area contributed by atoms with Crippen molar-refractivity contribution in [1.82, 2.24) is 10.5 Å². The number of anilines is 1. The van der Waals surface area contributed by atoms with Gasteiger partial charge in [-0.05, 0) is 24.3 Å². The Morgan fingerprint density at radius 3 is 2.61 bits per heavy atom. The Kier molecular flexibility index (Phi) is 4.19. The number of nitrogens with one attached hydrogen (secondary N) is 2. The number of hydrogen-bond donors (Lipinski definition) is 2. The van der Waals surface area contributed by atoms with Crippen LogP contribution in [0.3, 0.4) is 0 Å². The molecule has 0 bridgehead atoms. The monoisotopic (exact) mass is 311 g/mol. The summed E-state index contributed by atoms with van der Waals surface area (Å²) in [7, 11) is 0. The minimum absolute atomic E-state index is 0.0731. The zero-order valence-electron chi connectivity index (χ0n) is 12.0. The van der Waals surface area contributed by atoms with Gasteiger partial charge in [0, 0.05) is 11.8 Å². The Balaban J connectivity index is 1.54. The molecule has 7 heteroatoms. The topological polar surface area (TPSA) is 97.4 Å². The first-order chi connectivity index (χ1) is 11.2. The molecule has 0 saturated carbocycles. The molecule has 0 unspecified atom stereocenters. The SMILES string of the molecule is O=C(CNC(=O)c1cc(-c2ccco2)on1)Nc1ccccc1. The van der Waals surface area contributed by atoms with Gasteiger partial charge >= 0.3 is 0 Å². The Morgan fingerprint density at radius 1 is 1.04 bits per heavy atom. The molecule has 0 fully saturated rings. The largest absolute Gasteiger partial charge is 0.461 e. The molecule has 116 valence electrons. The smallest absolute Gasteiger partial charge is 0.273 e. The number of rotatable bonds is 5. The van der Waals surface area contributed by atoms with Crippen molar-refractivity contribution < 1.29 is 18.5 Å².